The topological polar surface area (TPSA) is 26.3 Å². The van der Waals surface area contributed by atoms with Crippen LogP contribution in [0.4, 0.5) is 0 Å². The zero-order valence-corrected chi connectivity index (χ0v) is 50.7. The molecule has 2 nitrogen and oxygen atoms in total. The molecule has 432 valence electrons. The van der Waals surface area contributed by atoms with E-state index in [1.807, 2.05) is 0 Å². The SMILES string of the molecule is CCCCCCCCCCCCCCCCCCCCCCCCCCCCCCCCCCCC(=O)OCCCCCCCCCCCCCCCCCCCCCCCCCCCCCCCCCC. The van der Waals surface area contributed by atoms with Gasteiger partial charge in [-0.2, -0.15) is 0 Å². The van der Waals surface area contributed by atoms with Gasteiger partial charge in [0.15, 0.2) is 0 Å². The highest BCUT2D eigenvalue weighted by Crippen LogP contribution is 2.20. The van der Waals surface area contributed by atoms with E-state index in [1.165, 1.54) is 405 Å². The van der Waals surface area contributed by atoms with Crippen LogP contribution in [-0.2, 0) is 9.53 Å². The lowest BCUT2D eigenvalue weighted by Gasteiger charge is -2.06. The van der Waals surface area contributed by atoms with Crippen molar-refractivity contribution in [3.05, 3.63) is 0 Å². The van der Waals surface area contributed by atoms with Gasteiger partial charge in [0.25, 0.3) is 0 Å². The molecule has 0 aliphatic rings. The monoisotopic (exact) mass is 1010 g/mol. The molecular formula is C70H140O2. The molecule has 2 heteroatoms. The number of ether oxygens (including phenoxy) is 1. The fourth-order valence-electron chi connectivity index (χ4n) is 11.6. The van der Waals surface area contributed by atoms with E-state index in [2.05, 4.69) is 13.8 Å². The van der Waals surface area contributed by atoms with E-state index in [0.717, 1.165) is 12.8 Å². The summed E-state index contributed by atoms with van der Waals surface area (Å²) in [4.78, 5) is 12.2. The summed E-state index contributed by atoms with van der Waals surface area (Å²) in [6.45, 7) is 5.26. The molecule has 0 bridgehead atoms. The zero-order valence-electron chi connectivity index (χ0n) is 50.7. The molecule has 0 aromatic heterocycles. The van der Waals surface area contributed by atoms with E-state index in [1.54, 1.807) is 0 Å². The molecule has 0 atom stereocenters. The molecule has 0 radical (unpaired) electrons. The highest BCUT2D eigenvalue weighted by Gasteiger charge is 2.04. The predicted octanol–water partition coefficient (Wildman–Crippen LogP) is 26.3. The Morgan fingerprint density at radius 1 is 0.181 bits per heavy atom. The molecule has 0 aliphatic heterocycles. The normalized spacial score (nSPS) is 11.6. The number of carbonyl (C=O) groups is 1. The Morgan fingerprint density at radius 3 is 0.458 bits per heavy atom. The number of hydrogen-bond donors (Lipinski definition) is 0. The Bertz CT molecular complexity index is 856. The summed E-state index contributed by atoms with van der Waals surface area (Å²) in [6.07, 6.45) is 93.7. The first kappa shape index (κ1) is 71.5. The summed E-state index contributed by atoms with van der Waals surface area (Å²) in [5.41, 5.74) is 0. The van der Waals surface area contributed by atoms with Crippen molar-refractivity contribution in [1.82, 2.24) is 0 Å². The highest BCUT2D eigenvalue weighted by atomic mass is 16.5. The molecule has 0 N–H and O–H groups in total. The van der Waals surface area contributed by atoms with Crippen LogP contribution in [-0.4, -0.2) is 12.6 Å². The van der Waals surface area contributed by atoms with Crippen molar-refractivity contribution in [2.45, 2.75) is 438 Å². The maximum Gasteiger partial charge on any atom is 0.305 e. The second-order valence-corrected chi connectivity index (χ2v) is 24.2. The van der Waals surface area contributed by atoms with Crippen LogP contribution in [0.3, 0.4) is 0 Å². The molecule has 0 fully saturated rings. The van der Waals surface area contributed by atoms with E-state index < -0.39 is 0 Å². The number of unbranched alkanes of at least 4 members (excludes halogenated alkanes) is 63. The van der Waals surface area contributed by atoms with Crippen molar-refractivity contribution in [2.75, 3.05) is 6.61 Å². The average Bonchev–Trinajstić information content (AvgIpc) is 3.39. The van der Waals surface area contributed by atoms with Crippen molar-refractivity contribution in [2.24, 2.45) is 0 Å². The van der Waals surface area contributed by atoms with Crippen molar-refractivity contribution in [3.8, 4) is 0 Å². The molecule has 0 saturated heterocycles. The standard InChI is InChI=1S/C70H140O2/c1-3-5-7-9-11-13-15-17-19-21-23-25-27-29-31-33-35-37-38-40-42-44-46-48-50-52-54-56-58-60-62-64-66-68-70(71)72-69-67-65-63-61-59-57-55-53-51-49-47-45-43-41-39-36-34-32-30-28-26-24-22-20-18-16-14-12-10-8-6-4-2/h3-69H2,1-2H3. The first-order chi connectivity index (χ1) is 35.8. The maximum absolute atomic E-state index is 12.2. The molecule has 0 aromatic carbocycles. The molecule has 0 spiro atoms. The zero-order chi connectivity index (χ0) is 51.7. The fraction of sp³-hybridized carbons (Fsp3) is 0.986. The maximum atomic E-state index is 12.2. The van der Waals surface area contributed by atoms with E-state index in [9.17, 15) is 4.79 Å². The minimum atomic E-state index is 0.0384. The average molecular weight is 1010 g/mol. The second kappa shape index (κ2) is 68.5. The van der Waals surface area contributed by atoms with E-state index in [0.29, 0.717) is 13.0 Å². The Morgan fingerprint density at radius 2 is 0.306 bits per heavy atom. The van der Waals surface area contributed by atoms with E-state index >= 15 is 0 Å². The van der Waals surface area contributed by atoms with Crippen molar-refractivity contribution in [1.29, 1.82) is 0 Å². The van der Waals surface area contributed by atoms with Gasteiger partial charge in [0.1, 0.15) is 0 Å². The minimum absolute atomic E-state index is 0.0384. The molecule has 0 aromatic rings. The lowest BCUT2D eigenvalue weighted by molar-refractivity contribution is -0.143. The first-order valence-electron chi connectivity index (χ1n) is 35.0. The third-order valence-electron chi connectivity index (χ3n) is 16.7. The van der Waals surface area contributed by atoms with Gasteiger partial charge in [0.05, 0.1) is 6.61 Å². The van der Waals surface area contributed by atoms with Gasteiger partial charge in [-0.25, -0.2) is 0 Å². The van der Waals surface area contributed by atoms with Gasteiger partial charge in [-0.15, -0.1) is 0 Å². The Hall–Kier alpha value is -0.530. The summed E-state index contributed by atoms with van der Waals surface area (Å²) >= 11 is 0. The lowest BCUT2D eigenvalue weighted by atomic mass is 10.0. The lowest BCUT2D eigenvalue weighted by Crippen LogP contribution is -2.05. The summed E-state index contributed by atoms with van der Waals surface area (Å²) in [5.74, 6) is 0.0384. The summed E-state index contributed by atoms with van der Waals surface area (Å²) in [6, 6.07) is 0. The first-order valence-corrected chi connectivity index (χ1v) is 35.0. The number of rotatable bonds is 67. The van der Waals surface area contributed by atoms with Crippen LogP contribution in [0.2, 0.25) is 0 Å². The van der Waals surface area contributed by atoms with Crippen LogP contribution in [0.5, 0.6) is 0 Å². The van der Waals surface area contributed by atoms with Crippen LogP contribution < -0.4 is 0 Å². The van der Waals surface area contributed by atoms with Crippen molar-refractivity contribution >= 4 is 5.97 Å². The fourth-order valence-corrected chi connectivity index (χ4v) is 11.6. The van der Waals surface area contributed by atoms with E-state index in [4.69, 9.17) is 4.74 Å². The Labute approximate surface area is 457 Å². The van der Waals surface area contributed by atoms with Crippen LogP contribution in [0.25, 0.3) is 0 Å². The number of esters is 1. The molecule has 0 rings (SSSR count). The summed E-state index contributed by atoms with van der Waals surface area (Å²) in [7, 11) is 0. The molecule has 0 saturated carbocycles. The minimum Gasteiger partial charge on any atom is -0.466 e. The van der Waals surface area contributed by atoms with Crippen LogP contribution in [0.1, 0.15) is 438 Å². The van der Waals surface area contributed by atoms with Crippen LogP contribution in [0.15, 0.2) is 0 Å². The smallest absolute Gasteiger partial charge is 0.305 e. The Kier molecular flexibility index (Phi) is 68.0. The summed E-state index contributed by atoms with van der Waals surface area (Å²) < 4.78 is 5.54. The number of carbonyl (C=O) groups excluding carboxylic acids is 1. The predicted molar refractivity (Wildman–Crippen MR) is 327 cm³/mol. The van der Waals surface area contributed by atoms with Crippen LogP contribution in [0, 0.1) is 0 Å². The van der Waals surface area contributed by atoms with Gasteiger partial charge in [-0.1, -0.05) is 418 Å². The number of hydrogen-bond acceptors (Lipinski definition) is 2. The van der Waals surface area contributed by atoms with Gasteiger partial charge < -0.3 is 4.74 Å². The summed E-state index contributed by atoms with van der Waals surface area (Å²) in [5, 5.41) is 0. The molecule has 0 amide bonds. The molecule has 0 aliphatic carbocycles. The van der Waals surface area contributed by atoms with Gasteiger partial charge in [-0.3, -0.25) is 4.79 Å². The quantitative estimate of drug-likeness (QED) is 0.0448. The molecule has 72 heavy (non-hydrogen) atoms. The molecule has 0 unspecified atom stereocenters. The van der Waals surface area contributed by atoms with Gasteiger partial charge >= 0.3 is 5.97 Å². The van der Waals surface area contributed by atoms with Crippen LogP contribution >= 0.6 is 0 Å². The third-order valence-corrected chi connectivity index (χ3v) is 16.7. The molecular weight excluding hydrogens is 873 g/mol. The Balaban J connectivity index is 3.14. The highest BCUT2D eigenvalue weighted by molar-refractivity contribution is 5.69. The van der Waals surface area contributed by atoms with Gasteiger partial charge in [0.2, 0.25) is 0 Å². The van der Waals surface area contributed by atoms with Gasteiger partial charge in [0, 0.05) is 6.42 Å². The molecule has 0 heterocycles. The van der Waals surface area contributed by atoms with E-state index in [-0.39, 0.29) is 5.97 Å². The van der Waals surface area contributed by atoms with Gasteiger partial charge in [-0.05, 0) is 12.8 Å². The second-order valence-electron chi connectivity index (χ2n) is 24.2. The third kappa shape index (κ3) is 67.5. The van der Waals surface area contributed by atoms with Crippen molar-refractivity contribution in [3.63, 3.8) is 0 Å². The largest absolute Gasteiger partial charge is 0.466 e. The van der Waals surface area contributed by atoms with Crippen molar-refractivity contribution < 1.29 is 9.53 Å².